The van der Waals surface area contributed by atoms with Crippen LogP contribution in [0.5, 0.6) is 0 Å². The number of rotatable bonds is 3. The van der Waals surface area contributed by atoms with Crippen molar-refractivity contribution in [2.75, 3.05) is 6.54 Å². The van der Waals surface area contributed by atoms with Gasteiger partial charge in [0.2, 0.25) is 0 Å². The van der Waals surface area contributed by atoms with Crippen molar-refractivity contribution in [2.24, 2.45) is 5.11 Å². The summed E-state index contributed by atoms with van der Waals surface area (Å²) in [5, 5.41) is 13.4. The topological polar surface area (TPSA) is 69.0 Å². The number of benzene rings is 1. The Morgan fingerprint density at radius 1 is 1.25 bits per heavy atom. The van der Waals surface area contributed by atoms with Crippen LogP contribution in [-0.4, -0.2) is 11.7 Å². The first kappa shape index (κ1) is 12.6. The van der Waals surface area contributed by atoms with Crippen molar-refractivity contribution in [1.29, 1.82) is 0 Å². The van der Waals surface area contributed by atoms with E-state index in [0.717, 1.165) is 27.8 Å². The Balaban J connectivity index is 3.25. The largest absolute Gasteiger partial charge is 0.388 e. The third-order valence-corrected chi connectivity index (χ3v) is 3.08. The minimum absolute atomic E-state index is 0.0844. The molecule has 0 spiro atoms. The highest BCUT2D eigenvalue weighted by Gasteiger charge is 2.15. The highest BCUT2D eigenvalue weighted by atomic mass is 16.3. The molecule has 0 heterocycles. The fraction of sp³-hybridized carbons (Fsp3) is 0.500. The molecule has 0 amide bonds. The molecule has 0 saturated carbocycles. The Morgan fingerprint density at radius 2 is 1.75 bits per heavy atom. The quantitative estimate of drug-likeness (QED) is 0.473. The summed E-state index contributed by atoms with van der Waals surface area (Å²) in [6.07, 6.45) is -0.713. The summed E-state index contributed by atoms with van der Waals surface area (Å²) in [5.41, 5.74) is 13.6. The van der Waals surface area contributed by atoms with E-state index in [0.29, 0.717) is 0 Å². The summed E-state index contributed by atoms with van der Waals surface area (Å²) in [6, 6.07) is 2.11. The number of aliphatic hydroxyl groups is 1. The van der Waals surface area contributed by atoms with E-state index in [1.807, 2.05) is 27.7 Å². The van der Waals surface area contributed by atoms with Crippen LogP contribution in [0.4, 0.5) is 0 Å². The standard InChI is InChI=1S/C12H17N3O/c1-7-5-8(2)10(4)12(9(7)3)11(16)6-14-15-13/h5,11,16H,6H2,1-4H3. The highest BCUT2D eigenvalue weighted by Crippen LogP contribution is 2.27. The first-order valence-corrected chi connectivity index (χ1v) is 5.25. The molecule has 1 rings (SSSR count). The van der Waals surface area contributed by atoms with Crippen molar-refractivity contribution < 1.29 is 5.11 Å². The second-order valence-electron chi connectivity index (χ2n) is 4.10. The van der Waals surface area contributed by atoms with Crippen molar-refractivity contribution in [3.63, 3.8) is 0 Å². The molecule has 1 aromatic rings. The zero-order chi connectivity index (χ0) is 12.3. The molecule has 1 N–H and O–H groups in total. The van der Waals surface area contributed by atoms with Gasteiger partial charge in [-0.15, -0.1) is 0 Å². The van der Waals surface area contributed by atoms with Crippen LogP contribution < -0.4 is 0 Å². The SMILES string of the molecule is Cc1cc(C)c(C)c(C(O)CN=[N+]=[N-])c1C. The number of aryl methyl sites for hydroxylation is 2. The Bertz CT molecular complexity index is 422. The van der Waals surface area contributed by atoms with Crippen LogP contribution in [0.15, 0.2) is 11.2 Å². The third-order valence-electron chi connectivity index (χ3n) is 3.08. The second-order valence-corrected chi connectivity index (χ2v) is 4.10. The number of nitrogens with zero attached hydrogens (tertiary/aromatic N) is 3. The molecule has 1 aromatic carbocycles. The zero-order valence-electron chi connectivity index (χ0n) is 10.2. The van der Waals surface area contributed by atoms with Crippen molar-refractivity contribution in [1.82, 2.24) is 0 Å². The lowest BCUT2D eigenvalue weighted by atomic mass is 9.91. The number of hydrogen-bond acceptors (Lipinski definition) is 2. The first-order chi connectivity index (χ1) is 7.49. The van der Waals surface area contributed by atoms with Crippen LogP contribution in [0.25, 0.3) is 10.4 Å². The summed E-state index contributed by atoms with van der Waals surface area (Å²) in [7, 11) is 0. The van der Waals surface area contributed by atoms with E-state index in [4.69, 9.17) is 5.53 Å². The monoisotopic (exact) mass is 219 g/mol. The van der Waals surface area contributed by atoms with Crippen LogP contribution in [0, 0.1) is 27.7 Å². The second kappa shape index (κ2) is 5.01. The molecule has 0 aromatic heterocycles. The molecule has 0 aliphatic heterocycles. The summed E-state index contributed by atoms with van der Waals surface area (Å²) in [6.45, 7) is 8.09. The van der Waals surface area contributed by atoms with Crippen molar-refractivity contribution in [2.45, 2.75) is 33.8 Å². The van der Waals surface area contributed by atoms with Crippen LogP contribution in [0.3, 0.4) is 0 Å². The molecular weight excluding hydrogens is 202 g/mol. The Morgan fingerprint density at radius 3 is 2.19 bits per heavy atom. The average Bonchev–Trinajstić information content (AvgIpc) is 2.24. The maximum Gasteiger partial charge on any atom is 0.0851 e. The fourth-order valence-electron chi connectivity index (χ4n) is 1.95. The summed E-state index contributed by atoms with van der Waals surface area (Å²) >= 11 is 0. The molecule has 0 aliphatic rings. The lowest BCUT2D eigenvalue weighted by Crippen LogP contribution is -2.08. The van der Waals surface area contributed by atoms with Crippen molar-refractivity contribution in [3.8, 4) is 0 Å². The Kier molecular flexibility index (Phi) is 3.93. The lowest BCUT2D eigenvalue weighted by Gasteiger charge is -2.18. The predicted octanol–water partition coefficient (Wildman–Crippen LogP) is 3.26. The first-order valence-electron chi connectivity index (χ1n) is 5.25. The normalized spacial score (nSPS) is 12.1. The molecule has 1 unspecified atom stereocenters. The van der Waals surface area contributed by atoms with Gasteiger partial charge in [-0.2, -0.15) is 0 Å². The molecule has 86 valence electrons. The molecule has 0 fully saturated rings. The van der Waals surface area contributed by atoms with Gasteiger partial charge in [0.05, 0.1) is 12.6 Å². The van der Waals surface area contributed by atoms with E-state index in [-0.39, 0.29) is 6.54 Å². The van der Waals surface area contributed by atoms with E-state index < -0.39 is 6.10 Å². The molecule has 4 nitrogen and oxygen atoms in total. The molecule has 0 bridgehead atoms. The van der Waals surface area contributed by atoms with E-state index in [1.54, 1.807) is 0 Å². The number of hydrogen-bond donors (Lipinski definition) is 1. The molecule has 1 atom stereocenters. The van der Waals surface area contributed by atoms with Gasteiger partial charge in [-0.25, -0.2) is 0 Å². The van der Waals surface area contributed by atoms with Gasteiger partial charge in [-0.05, 0) is 61.0 Å². The van der Waals surface area contributed by atoms with Gasteiger partial charge in [0.15, 0.2) is 0 Å². The lowest BCUT2D eigenvalue weighted by molar-refractivity contribution is 0.185. The van der Waals surface area contributed by atoms with Crippen LogP contribution in [0.1, 0.15) is 33.9 Å². The minimum atomic E-state index is -0.713. The van der Waals surface area contributed by atoms with Gasteiger partial charge in [-0.1, -0.05) is 11.2 Å². The molecule has 16 heavy (non-hydrogen) atoms. The third kappa shape index (κ3) is 2.35. The predicted molar refractivity (Wildman–Crippen MR) is 64.4 cm³/mol. The van der Waals surface area contributed by atoms with Crippen LogP contribution >= 0.6 is 0 Å². The Hall–Kier alpha value is -1.51. The minimum Gasteiger partial charge on any atom is -0.388 e. The smallest absolute Gasteiger partial charge is 0.0851 e. The van der Waals surface area contributed by atoms with E-state index in [2.05, 4.69) is 16.1 Å². The Labute approximate surface area is 95.5 Å². The van der Waals surface area contributed by atoms with Gasteiger partial charge in [0.1, 0.15) is 0 Å². The van der Waals surface area contributed by atoms with Gasteiger partial charge in [-0.3, -0.25) is 0 Å². The molecule has 4 heteroatoms. The highest BCUT2D eigenvalue weighted by molar-refractivity contribution is 5.45. The van der Waals surface area contributed by atoms with Gasteiger partial charge in [0, 0.05) is 4.91 Å². The fourth-order valence-corrected chi connectivity index (χ4v) is 1.95. The van der Waals surface area contributed by atoms with Gasteiger partial charge >= 0.3 is 0 Å². The molecule has 0 radical (unpaired) electrons. The summed E-state index contributed by atoms with van der Waals surface area (Å²) < 4.78 is 0. The molecule has 0 saturated heterocycles. The maximum atomic E-state index is 10.00. The molecular formula is C12H17N3O. The van der Waals surface area contributed by atoms with Crippen LogP contribution in [0.2, 0.25) is 0 Å². The summed E-state index contributed by atoms with van der Waals surface area (Å²) in [5.74, 6) is 0. The zero-order valence-corrected chi connectivity index (χ0v) is 10.2. The maximum absolute atomic E-state index is 10.00. The van der Waals surface area contributed by atoms with Gasteiger partial charge < -0.3 is 5.11 Å². The molecule has 0 aliphatic carbocycles. The number of aliphatic hydroxyl groups excluding tert-OH is 1. The van der Waals surface area contributed by atoms with E-state index >= 15 is 0 Å². The van der Waals surface area contributed by atoms with Crippen molar-refractivity contribution in [3.05, 3.63) is 44.3 Å². The van der Waals surface area contributed by atoms with Crippen LogP contribution in [-0.2, 0) is 0 Å². The van der Waals surface area contributed by atoms with Crippen molar-refractivity contribution >= 4 is 0 Å². The number of azide groups is 1. The average molecular weight is 219 g/mol. The van der Waals surface area contributed by atoms with Gasteiger partial charge in [0.25, 0.3) is 0 Å². The van der Waals surface area contributed by atoms with E-state index in [9.17, 15) is 5.11 Å². The summed E-state index contributed by atoms with van der Waals surface area (Å²) in [4.78, 5) is 2.67. The van der Waals surface area contributed by atoms with E-state index in [1.165, 1.54) is 0 Å².